The van der Waals surface area contributed by atoms with E-state index in [0.717, 1.165) is 72.8 Å². The third-order valence-corrected chi connectivity index (χ3v) is 10.2. The Morgan fingerprint density at radius 3 is 2.80 bits per heavy atom. The van der Waals surface area contributed by atoms with E-state index < -0.39 is 0 Å². The number of likely N-dealkylation sites (tertiary alicyclic amines) is 1. The number of amides is 2. The predicted molar refractivity (Wildman–Crippen MR) is 172 cm³/mol. The van der Waals surface area contributed by atoms with Gasteiger partial charge in [0.15, 0.2) is 10.7 Å². The summed E-state index contributed by atoms with van der Waals surface area (Å²) in [5.41, 5.74) is 10.0. The van der Waals surface area contributed by atoms with Crippen LogP contribution in [0.5, 0.6) is 5.88 Å². The average Bonchev–Trinajstić information content (AvgIpc) is 3.70. The lowest BCUT2D eigenvalue weighted by atomic mass is 9.88. The van der Waals surface area contributed by atoms with Crippen molar-refractivity contribution in [2.75, 3.05) is 49.9 Å². The van der Waals surface area contributed by atoms with Gasteiger partial charge in [-0.3, -0.25) is 14.5 Å². The molecule has 3 aromatic heterocycles. The molecule has 3 N–H and O–H groups in total. The summed E-state index contributed by atoms with van der Waals surface area (Å²) in [6.07, 6.45) is 7.11. The van der Waals surface area contributed by atoms with Crippen LogP contribution in [0.2, 0.25) is 0 Å². The van der Waals surface area contributed by atoms with Gasteiger partial charge in [-0.25, -0.2) is 14.5 Å². The van der Waals surface area contributed by atoms with Crippen molar-refractivity contribution in [3.8, 4) is 5.88 Å². The van der Waals surface area contributed by atoms with E-state index in [4.69, 9.17) is 10.5 Å². The molecule has 6 rings (SSSR count). The van der Waals surface area contributed by atoms with Crippen LogP contribution in [-0.4, -0.2) is 98.1 Å². The van der Waals surface area contributed by atoms with Gasteiger partial charge in [0.2, 0.25) is 11.8 Å². The Morgan fingerprint density at radius 2 is 2.07 bits per heavy atom. The van der Waals surface area contributed by atoms with Gasteiger partial charge in [-0.15, -0.1) is 11.3 Å². The number of rotatable bonds is 7. The first-order valence-electron chi connectivity index (χ1n) is 15.6. The molecule has 0 radical (unpaired) electrons. The SMILES string of the molecule is CCN1CCC(Oc2nc(C)sc2C(=O)N[C@@H]2CCCN(c3cc(C4=CCN(C(C)=O)C4)n4ncnc(N)c34)C2)CC1(C)C. The second-order valence-corrected chi connectivity index (χ2v) is 13.9. The van der Waals surface area contributed by atoms with Crippen LogP contribution in [0.4, 0.5) is 11.5 Å². The summed E-state index contributed by atoms with van der Waals surface area (Å²) in [5.74, 6) is 0.732. The van der Waals surface area contributed by atoms with Crippen LogP contribution in [0.15, 0.2) is 18.5 Å². The highest BCUT2D eigenvalue weighted by molar-refractivity contribution is 7.13. The van der Waals surface area contributed by atoms with Crippen LogP contribution < -0.4 is 20.7 Å². The maximum absolute atomic E-state index is 13.7. The van der Waals surface area contributed by atoms with Crippen molar-refractivity contribution in [3.63, 3.8) is 0 Å². The number of hydrogen-bond donors (Lipinski definition) is 2. The molecule has 0 aliphatic carbocycles. The molecule has 3 aliphatic heterocycles. The van der Waals surface area contributed by atoms with Gasteiger partial charge in [0.1, 0.15) is 17.9 Å². The van der Waals surface area contributed by atoms with E-state index in [1.807, 2.05) is 11.4 Å². The van der Waals surface area contributed by atoms with Crippen LogP contribution in [0.3, 0.4) is 0 Å². The largest absolute Gasteiger partial charge is 0.473 e. The molecule has 0 aromatic carbocycles. The minimum atomic E-state index is -0.145. The van der Waals surface area contributed by atoms with Crippen molar-refractivity contribution in [2.24, 2.45) is 0 Å². The first-order valence-corrected chi connectivity index (χ1v) is 16.4. The summed E-state index contributed by atoms with van der Waals surface area (Å²) in [5, 5.41) is 8.61. The molecule has 3 aliphatic rings. The normalized spacial score (nSPS) is 22.3. The predicted octanol–water partition coefficient (Wildman–Crippen LogP) is 3.36. The average molecular weight is 622 g/mol. The van der Waals surface area contributed by atoms with Gasteiger partial charge in [0.25, 0.3) is 5.91 Å². The number of ether oxygens (including phenoxy) is 1. The molecule has 0 spiro atoms. The molecular weight excluding hydrogens is 578 g/mol. The lowest BCUT2D eigenvalue weighted by Crippen LogP contribution is -2.52. The molecule has 2 atom stereocenters. The van der Waals surface area contributed by atoms with Gasteiger partial charge in [0, 0.05) is 57.6 Å². The van der Waals surface area contributed by atoms with E-state index in [1.54, 1.807) is 11.8 Å². The van der Waals surface area contributed by atoms with Crippen LogP contribution in [0, 0.1) is 6.92 Å². The van der Waals surface area contributed by atoms with Gasteiger partial charge in [-0.05, 0) is 58.2 Å². The van der Waals surface area contributed by atoms with E-state index in [0.29, 0.717) is 36.2 Å². The molecule has 1 unspecified atom stereocenters. The molecule has 2 saturated heterocycles. The van der Waals surface area contributed by atoms with Gasteiger partial charge in [0.05, 0.1) is 16.4 Å². The number of nitrogens with one attached hydrogen (secondary N) is 1. The Bertz CT molecular complexity index is 1600. The van der Waals surface area contributed by atoms with Crippen molar-refractivity contribution in [1.82, 2.24) is 34.7 Å². The second kappa shape index (κ2) is 12.0. The number of fused-ring (bicyclic) bond motifs is 1. The lowest BCUT2D eigenvalue weighted by Gasteiger charge is -2.44. The zero-order valence-electron chi connectivity index (χ0n) is 26.3. The molecule has 12 nitrogen and oxygen atoms in total. The Hall–Kier alpha value is -3.71. The molecule has 13 heteroatoms. The molecule has 0 bridgehead atoms. The number of carbonyl (C=O) groups is 2. The maximum atomic E-state index is 13.7. The molecule has 236 valence electrons. The highest BCUT2D eigenvalue weighted by Crippen LogP contribution is 2.36. The fraction of sp³-hybridized carbons (Fsp3) is 0.581. The number of anilines is 2. The third kappa shape index (κ3) is 5.86. The minimum Gasteiger partial charge on any atom is -0.473 e. The molecule has 2 amide bonds. The van der Waals surface area contributed by atoms with Crippen molar-refractivity contribution in [2.45, 2.75) is 78.0 Å². The van der Waals surface area contributed by atoms with E-state index >= 15 is 0 Å². The number of aromatic nitrogens is 4. The number of aryl methyl sites for hydroxylation is 1. The van der Waals surface area contributed by atoms with Crippen LogP contribution in [0.1, 0.15) is 73.8 Å². The fourth-order valence-electron chi connectivity index (χ4n) is 6.93. The smallest absolute Gasteiger partial charge is 0.267 e. The summed E-state index contributed by atoms with van der Waals surface area (Å²) in [4.78, 5) is 41.6. The monoisotopic (exact) mass is 621 g/mol. The molecule has 2 fully saturated rings. The Morgan fingerprint density at radius 1 is 1.25 bits per heavy atom. The highest BCUT2D eigenvalue weighted by atomic mass is 32.1. The third-order valence-electron chi connectivity index (χ3n) is 9.23. The van der Waals surface area contributed by atoms with Crippen LogP contribution in [0.25, 0.3) is 11.1 Å². The van der Waals surface area contributed by atoms with Crippen molar-refractivity contribution in [3.05, 3.63) is 34.0 Å². The number of carbonyl (C=O) groups excluding carboxylic acids is 2. The Labute approximate surface area is 262 Å². The summed E-state index contributed by atoms with van der Waals surface area (Å²) < 4.78 is 8.24. The van der Waals surface area contributed by atoms with Gasteiger partial charge < -0.3 is 25.6 Å². The molecule has 3 aromatic rings. The molecule has 0 saturated carbocycles. The summed E-state index contributed by atoms with van der Waals surface area (Å²) >= 11 is 1.38. The summed E-state index contributed by atoms with van der Waals surface area (Å²) in [7, 11) is 0. The standard InChI is InChI=1S/C31H43N9O3S/c1-6-39-13-10-23(15-31(39,4)5)43-30-27(44-19(2)35-30)29(42)36-22-8-7-11-38(17-22)25-14-24(21-9-12-37(16-21)20(3)41)40-26(25)28(32)33-18-34-40/h9,14,18,22-23H,6-8,10-13,15-17H2,1-5H3,(H,36,42)(H2,32,33,34)/t22-,23?/m1/s1. The van der Waals surface area contributed by atoms with Gasteiger partial charge in [-0.2, -0.15) is 5.10 Å². The van der Waals surface area contributed by atoms with E-state index in [-0.39, 0.29) is 29.5 Å². The zero-order valence-corrected chi connectivity index (χ0v) is 27.1. The Kier molecular flexibility index (Phi) is 8.27. The van der Waals surface area contributed by atoms with E-state index in [2.05, 4.69) is 63.1 Å². The summed E-state index contributed by atoms with van der Waals surface area (Å²) in [6.45, 7) is 14.7. The number of nitrogens with two attached hydrogens (primary N) is 1. The first kappa shape index (κ1) is 30.3. The zero-order chi connectivity index (χ0) is 31.2. The minimum absolute atomic E-state index is 0.0218. The number of thiazole rings is 1. The number of nitrogen functional groups attached to an aromatic ring is 1. The maximum Gasteiger partial charge on any atom is 0.267 e. The number of nitrogens with zero attached hydrogens (tertiary/aromatic N) is 7. The summed E-state index contributed by atoms with van der Waals surface area (Å²) in [6, 6.07) is 2.02. The fourth-order valence-corrected chi connectivity index (χ4v) is 7.69. The highest BCUT2D eigenvalue weighted by Gasteiger charge is 2.36. The second-order valence-electron chi connectivity index (χ2n) is 12.7. The van der Waals surface area contributed by atoms with Crippen molar-refractivity contribution < 1.29 is 14.3 Å². The topological polar surface area (TPSA) is 134 Å². The molecular formula is C31H43N9O3S. The van der Waals surface area contributed by atoms with Gasteiger partial charge >= 0.3 is 0 Å². The van der Waals surface area contributed by atoms with E-state index in [1.165, 1.54) is 17.7 Å². The number of hydrogen-bond acceptors (Lipinski definition) is 10. The molecule has 44 heavy (non-hydrogen) atoms. The van der Waals surface area contributed by atoms with Gasteiger partial charge in [-0.1, -0.05) is 13.0 Å². The van der Waals surface area contributed by atoms with Crippen molar-refractivity contribution >= 4 is 45.7 Å². The number of piperidine rings is 2. The lowest BCUT2D eigenvalue weighted by molar-refractivity contribution is -0.127. The first-order chi connectivity index (χ1) is 21.0. The molecule has 6 heterocycles. The van der Waals surface area contributed by atoms with E-state index in [9.17, 15) is 9.59 Å². The van der Waals surface area contributed by atoms with Crippen LogP contribution >= 0.6 is 11.3 Å². The quantitative estimate of drug-likeness (QED) is 0.407. The van der Waals surface area contributed by atoms with Crippen molar-refractivity contribution in [1.29, 1.82) is 0 Å². The van der Waals surface area contributed by atoms with Crippen LogP contribution in [-0.2, 0) is 4.79 Å². The Balaban J connectivity index is 1.18.